The first-order valence-corrected chi connectivity index (χ1v) is 12.0. The smallest absolute Gasteiger partial charge is 0.323 e. The fraction of sp³-hybridized carbons (Fsp3) is 0.400. The zero-order valence-corrected chi connectivity index (χ0v) is 20.4. The number of nitrogens with zero attached hydrogens (tertiary/aromatic N) is 1. The molecule has 2 aliphatic rings. The number of fused-ring (bicyclic) bond motifs is 2. The maximum Gasteiger partial charge on any atom is 0.323 e. The van der Waals surface area contributed by atoms with Crippen LogP contribution in [0.25, 0.3) is 0 Å². The number of hydrogen-bond donors (Lipinski definition) is 3. The highest BCUT2D eigenvalue weighted by Gasteiger charge is 2.39. The number of anilines is 2. The van der Waals surface area contributed by atoms with Gasteiger partial charge in [-0.3, -0.25) is 9.59 Å². The van der Waals surface area contributed by atoms with E-state index in [2.05, 4.69) is 16.0 Å². The Morgan fingerprint density at radius 1 is 1.11 bits per heavy atom. The zero-order valence-electron chi connectivity index (χ0n) is 19.7. The molecule has 0 unspecified atom stereocenters. The van der Waals surface area contributed by atoms with Crippen LogP contribution in [-0.4, -0.2) is 61.2 Å². The van der Waals surface area contributed by atoms with Gasteiger partial charge in [0.05, 0.1) is 24.1 Å². The molecule has 2 heterocycles. The number of benzene rings is 2. The minimum Gasteiger partial charge on any atom is -0.490 e. The van der Waals surface area contributed by atoms with Crippen molar-refractivity contribution in [2.45, 2.75) is 44.4 Å². The van der Waals surface area contributed by atoms with Crippen LogP contribution in [0.1, 0.15) is 36.5 Å². The molecule has 186 valence electrons. The minimum atomic E-state index is -0.460. The van der Waals surface area contributed by atoms with Crippen LogP contribution in [0.5, 0.6) is 5.75 Å². The Morgan fingerprint density at radius 2 is 1.89 bits per heavy atom. The molecule has 1 saturated heterocycles. The fourth-order valence-corrected chi connectivity index (χ4v) is 4.63. The molecule has 0 radical (unpaired) electrons. The molecule has 3 atom stereocenters. The van der Waals surface area contributed by atoms with Crippen molar-refractivity contribution in [2.75, 3.05) is 30.8 Å². The highest BCUT2D eigenvalue weighted by Crippen LogP contribution is 2.32. The van der Waals surface area contributed by atoms with E-state index >= 15 is 0 Å². The van der Waals surface area contributed by atoms with Crippen molar-refractivity contribution >= 4 is 40.8 Å². The predicted molar refractivity (Wildman–Crippen MR) is 133 cm³/mol. The fourth-order valence-electron chi connectivity index (χ4n) is 4.44. The summed E-state index contributed by atoms with van der Waals surface area (Å²) in [5, 5.41) is 8.76. The second-order valence-electron chi connectivity index (χ2n) is 8.63. The summed E-state index contributed by atoms with van der Waals surface area (Å²) in [6.45, 7) is 2.71. The second-order valence-corrected chi connectivity index (χ2v) is 9.06. The molecule has 0 bridgehead atoms. The summed E-state index contributed by atoms with van der Waals surface area (Å²) in [4.78, 5) is 39.4. The molecule has 10 heteroatoms. The standard InChI is InChI=1S/C25H29ClN4O5/c1-3-27-23(31)13-18-8-9-20-22(35-18)14-34-21-10-7-17(12-19(21)24(32)30(20)2)29-25(33)28-16-6-4-5-15(26)11-16/h4-7,10-12,18,20,22H,3,8-9,13-14H2,1-2H3,(H,27,31)(H2,28,29,33)/t18-,20+,22+/m0/s1. The van der Waals surface area contributed by atoms with E-state index in [1.165, 1.54) is 0 Å². The summed E-state index contributed by atoms with van der Waals surface area (Å²) < 4.78 is 12.1. The maximum absolute atomic E-state index is 13.3. The van der Waals surface area contributed by atoms with E-state index in [9.17, 15) is 14.4 Å². The normalized spacial score (nSPS) is 21.5. The van der Waals surface area contributed by atoms with Crippen molar-refractivity contribution in [1.82, 2.24) is 10.2 Å². The van der Waals surface area contributed by atoms with E-state index in [4.69, 9.17) is 21.1 Å². The summed E-state index contributed by atoms with van der Waals surface area (Å²) in [5.74, 6) is 0.145. The van der Waals surface area contributed by atoms with E-state index in [-0.39, 0.29) is 43.1 Å². The van der Waals surface area contributed by atoms with Crippen LogP contribution in [0.4, 0.5) is 16.2 Å². The molecular formula is C25H29ClN4O5. The molecule has 0 spiro atoms. The highest BCUT2D eigenvalue weighted by molar-refractivity contribution is 6.30. The number of carbonyl (C=O) groups is 3. The van der Waals surface area contributed by atoms with E-state index in [1.807, 2.05) is 6.92 Å². The Morgan fingerprint density at radius 3 is 2.63 bits per heavy atom. The van der Waals surface area contributed by atoms with Crippen molar-refractivity contribution < 1.29 is 23.9 Å². The third-order valence-corrected chi connectivity index (χ3v) is 6.37. The summed E-state index contributed by atoms with van der Waals surface area (Å²) in [5.41, 5.74) is 1.36. The van der Waals surface area contributed by atoms with Crippen LogP contribution in [-0.2, 0) is 9.53 Å². The van der Waals surface area contributed by atoms with Gasteiger partial charge in [-0.25, -0.2) is 4.79 Å². The number of carbonyl (C=O) groups excluding carboxylic acids is 3. The van der Waals surface area contributed by atoms with Gasteiger partial charge in [-0.15, -0.1) is 0 Å². The zero-order chi connectivity index (χ0) is 24.9. The average Bonchev–Trinajstić information content (AvgIpc) is 2.82. The molecule has 2 aliphatic heterocycles. The maximum atomic E-state index is 13.3. The van der Waals surface area contributed by atoms with Crippen LogP contribution in [0.2, 0.25) is 5.02 Å². The van der Waals surface area contributed by atoms with Crippen LogP contribution >= 0.6 is 11.6 Å². The molecule has 4 rings (SSSR count). The lowest BCUT2D eigenvalue weighted by molar-refractivity contribution is -0.133. The quantitative estimate of drug-likeness (QED) is 0.577. The van der Waals surface area contributed by atoms with Crippen molar-refractivity contribution in [2.24, 2.45) is 0 Å². The number of urea groups is 1. The third-order valence-electron chi connectivity index (χ3n) is 6.14. The van der Waals surface area contributed by atoms with Gasteiger partial charge in [0.25, 0.3) is 5.91 Å². The number of amides is 4. The van der Waals surface area contributed by atoms with Gasteiger partial charge < -0.3 is 30.3 Å². The third kappa shape index (κ3) is 6.04. The van der Waals surface area contributed by atoms with Gasteiger partial charge in [0.1, 0.15) is 18.5 Å². The summed E-state index contributed by atoms with van der Waals surface area (Å²) in [7, 11) is 1.74. The summed E-state index contributed by atoms with van der Waals surface area (Å²) in [6.07, 6.45) is 1.12. The van der Waals surface area contributed by atoms with E-state index in [0.717, 1.165) is 0 Å². The molecule has 9 nitrogen and oxygen atoms in total. The number of rotatable bonds is 5. The largest absolute Gasteiger partial charge is 0.490 e. The van der Waals surface area contributed by atoms with Gasteiger partial charge in [0.15, 0.2) is 0 Å². The highest BCUT2D eigenvalue weighted by atomic mass is 35.5. The van der Waals surface area contributed by atoms with Gasteiger partial charge in [-0.2, -0.15) is 0 Å². The summed E-state index contributed by atoms with van der Waals surface area (Å²) in [6, 6.07) is 11.1. The van der Waals surface area contributed by atoms with Crippen molar-refractivity contribution in [1.29, 1.82) is 0 Å². The first-order valence-electron chi connectivity index (χ1n) is 11.6. The topological polar surface area (TPSA) is 109 Å². The number of likely N-dealkylation sites (N-methyl/N-ethyl adjacent to an activating group) is 1. The molecule has 0 saturated carbocycles. The molecule has 4 amide bonds. The summed E-state index contributed by atoms with van der Waals surface area (Å²) >= 11 is 5.96. The number of ether oxygens (including phenoxy) is 2. The Kier molecular flexibility index (Phi) is 7.77. The van der Waals surface area contributed by atoms with Crippen LogP contribution in [0.3, 0.4) is 0 Å². The monoisotopic (exact) mass is 500 g/mol. The number of hydrogen-bond acceptors (Lipinski definition) is 5. The van der Waals surface area contributed by atoms with Crippen LogP contribution in [0, 0.1) is 0 Å². The molecular weight excluding hydrogens is 472 g/mol. The second kappa shape index (κ2) is 11.0. The van der Waals surface area contributed by atoms with Crippen LogP contribution in [0.15, 0.2) is 42.5 Å². The van der Waals surface area contributed by atoms with Gasteiger partial charge in [0.2, 0.25) is 5.91 Å². The number of nitrogens with one attached hydrogen (secondary N) is 3. The Balaban J connectivity index is 1.45. The minimum absolute atomic E-state index is 0.0445. The van der Waals surface area contributed by atoms with E-state index < -0.39 is 6.03 Å². The molecule has 0 aliphatic carbocycles. The molecule has 1 fully saturated rings. The lowest BCUT2D eigenvalue weighted by Crippen LogP contribution is -2.54. The van der Waals surface area contributed by atoms with E-state index in [1.54, 1.807) is 54.4 Å². The molecule has 35 heavy (non-hydrogen) atoms. The van der Waals surface area contributed by atoms with Gasteiger partial charge >= 0.3 is 6.03 Å². The van der Waals surface area contributed by atoms with Gasteiger partial charge in [0, 0.05) is 30.0 Å². The molecule has 0 aromatic heterocycles. The first-order chi connectivity index (χ1) is 16.8. The van der Waals surface area contributed by atoms with Crippen LogP contribution < -0.4 is 20.7 Å². The molecule has 2 aromatic rings. The average molecular weight is 501 g/mol. The van der Waals surface area contributed by atoms with Crippen molar-refractivity contribution in [3.63, 3.8) is 0 Å². The first kappa shape index (κ1) is 24.8. The van der Waals surface area contributed by atoms with Gasteiger partial charge in [-0.05, 0) is 56.2 Å². The lowest BCUT2D eigenvalue weighted by atomic mass is 9.94. The SMILES string of the molecule is CCNC(=O)C[C@@H]1CC[C@@H]2[C@@H](COc3ccc(NC(=O)Nc4cccc(Cl)c4)cc3C(=O)N2C)O1. The van der Waals surface area contributed by atoms with E-state index in [0.29, 0.717) is 47.1 Å². The molecule has 3 N–H and O–H groups in total. The number of halogens is 1. The Labute approximate surface area is 209 Å². The van der Waals surface area contributed by atoms with Gasteiger partial charge in [-0.1, -0.05) is 17.7 Å². The predicted octanol–water partition coefficient (Wildman–Crippen LogP) is 3.89. The molecule has 2 aromatic carbocycles. The Bertz CT molecular complexity index is 1110. The van der Waals surface area contributed by atoms with Crippen molar-refractivity contribution in [3.05, 3.63) is 53.1 Å². The Hall–Kier alpha value is -3.30. The lowest BCUT2D eigenvalue weighted by Gasteiger charge is -2.42. The van der Waals surface area contributed by atoms with Crippen molar-refractivity contribution in [3.8, 4) is 5.75 Å².